The Morgan fingerprint density at radius 2 is 1.80 bits per heavy atom. The van der Waals surface area contributed by atoms with Crippen LogP contribution in [-0.2, 0) is 11.0 Å². The molecule has 3 nitrogen and oxygen atoms in total. The van der Waals surface area contributed by atoms with E-state index in [4.69, 9.17) is 0 Å². The second kappa shape index (κ2) is 6.15. The average molecular weight is 288 g/mol. The van der Waals surface area contributed by atoms with Gasteiger partial charge in [0.1, 0.15) is 0 Å². The van der Waals surface area contributed by atoms with E-state index in [1.165, 1.54) is 18.2 Å². The lowest BCUT2D eigenvalue weighted by Gasteiger charge is -2.24. The van der Waals surface area contributed by atoms with Crippen LogP contribution in [0.2, 0.25) is 0 Å². The number of carbonyl (C=O) groups is 1. The first-order chi connectivity index (χ1) is 9.15. The van der Waals surface area contributed by atoms with Crippen LogP contribution < -0.4 is 10.6 Å². The number of nitrogens with one attached hydrogen (secondary N) is 2. The van der Waals surface area contributed by atoms with Crippen molar-refractivity contribution in [3.05, 3.63) is 29.8 Å². The van der Waals surface area contributed by atoms with E-state index in [1.54, 1.807) is 0 Å². The maximum Gasteiger partial charge on any atom is 0.418 e. The molecule has 2 N–H and O–H groups in total. The van der Waals surface area contributed by atoms with Crippen LogP contribution in [0.25, 0.3) is 0 Å². The second-order valence-corrected chi connectivity index (χ2v) is 5.18. The van der Waals surface area contributed by atoms with Crippen LogP contribution in [0.15, 0.2) is 24.3 Å². The van der Waals surface area contributed by atoms with Gasteiger partial charge in [-0.2, -0.15) is 13.2 Å². The fourth-order valence-corrected chi connectivity index (χ4v) is 1.57. The third-order valence-electron chi connectivity index (χ3n) is 3.03. The maximum absolute atomic E-state index is 12.8. The van der Waals surface area contributed by atoms with Gasteiger partial charge < -0.3 is 10.6 Å². The first-order valence-electron chi connectivity index (χ1n) is 6.37. The number of carbonyl (C=O) groups excluding carboxylic acids is 1. The Morgan fingerprint density at radius 1 is 1.20 bits per heavy atom. The number of hydrogen-bond donors (Lipinski definition) is 2. The molecule has 0 spiro atoms. The molecule has 1 aromatic carbocycles. The molecule has 0 saturated heterocycles. The summed E-state index contributed by atoms with van der Waals surface area (Å²) in [5.74, 6) is -0.339. The van der Waals surface area contributed by atoms with Crippen LogP contribution >= 0.6 is 0 Å². The van der Waals surface area contributed by atoms with Crippen LogP contribution in [0.3, 0.4) is 0 Å². The maximum atomic E-state index is 12.8. The number of para-hydroxylation sites is 1. The molecule has 0 saturated carbocycles. The van der Waals surface area contributed by atoms with Crippen LogP contribution in [0.1, 0.15) is 32.8 Å². The van der Waals surface area contributed by atoms with E-state index in [-0.39, 0.29) is 23.7 Å². The van der Waals surface area contributed by atoms with E-state index in [0.717, 1.165) is 12.5 Å². The van der Waals surface area contributed by atoms with Gasteiger partial charge in [-0.25, -0.2) is 0 Å². The van der Waals surface area contributed by atoms with Crippen molar-refractivity contribution in [1.29, 1.82) is 0 Å². The van der Waals surface area contributed by atoms with Gasteiger partial charge in [0.2, 0.25) is 5.91 Å². The molecule has 1 rings (SSSR count). The zero-order valence-corrected chi connectivity index (χ0v) is 11.8. The quantitative estimate of drug-likeness (QED) is 0.871. The Balaban J connectivity index is 2.70. The highest BCUT2D eigenvalue weighted by atomic mass is 19.4. The number of benzene rings is 1. The van der Waals surface area contributed by atoms with Gasteiger partial charge in [-0.05, 0) is 32.4 Å². The molecular weight excluding hydrogens is 269 g/mol. The van der Waals surface area contributed by atoms with Crippen molar-refractivity contribution in [3.8, 4) is 0 Å². The molecule has 112 valence electrons. The van der Waals surface area contributed by atoms with Gasteiger partial charge in [0, 0.05) is 11.2 Å². The van der Waals surface area contributed by atoms with Crippen molar-refractivity contribution in [3.63, 3.8) is 0 Å². The molecule has 20 heavy (non-hydrogen) atoms. The molecule has 6 heteroatoms. The van der Waals surface area contributed by atoms with Crippen LogP contribution in [0.5, 0.6) is 0 Å². The van der Waals surface area contributed by atoms with Crippen molar-refractivity contribution in [2.45, 2.75) is 38.9 Å². The molecular formula is C14H19F3N2O. The molecule has 0 aliphatic carbocycles. The molecule has 1 amide bonds. The molecule has 0 aromatic heterocycles. The zero-order chi connectivity index (χ0) is 15.4. The van der Waals surface area contributed by atoms with Gasteiger partial charge in [-0.3, -0.25) is 4.79 Å². The first-order valence-corrected chi connectivity index (χ1v) is 6.37. The minimum Gasteiger partial charge on any atom is -0.376 e. The first kappa shape index (κ1) is 16.3. The van der Waals surface area contributed by atoms with Gasteiger partial charge in [0.05, 0.1) is 12.1 Å². The van der Waals surface area contributed by atoms with Crippen LogP contribution in [0.4, 0.5) is 18.9 Å². The summed E-state index contributed by atoms with van der Waals surface area (Å²) in [7, 11) is 0. The molecule has 0 unspecified atom stereocenters. The Labute approximate surface area is 116 Å². The largest absolute Gasteiger partial charge is 0.418 e. The lowest BCUT2D eigenvalue weighted by molar-refractivity contribution is -0.137. The predicted molar refractivity (Wildman–Crippen MR) is 72.4 cm³/mol. The Morgan fingerprint density at radius 3 is 2.35 bits per heavy atom. The molecule has 0 aliphatic rings. The van der Waals surface area contributed by atoms with Gasteiger partial charge in [-0.15, -0.1) is 0 Å². The number of amides is 1. The molecule has 0 atom stereocenters. The topological polar surface area (TPSA) is 41.1 Å². The van der Waals surface area contributed by atoms with Crippen molar-refractivity contribution >= 4 is 11.6 Å². The van der Waals surface area contributed by atoms with Gasteiger partial charge in [0.25, 0.3) is 0 Å². The summed E-state index contributed by atoms with van der Waals surface area (Å²) in [6.45, 7) is 5.44. The summed E-state index contributed by atoms with van der Waals surface area (Å²) in [5, 5.41) is 5.29. The predicted octanol–water partition coefficient (Wildman–Crippen LogP) is 3.42. The van der Waals surface area contributed by atoms with Gasteiger partial charge in [0.15, 0.2) is 0 Å². The minimum atomic E-state index is -4.44. The normalized spacial score (nSPS) is 12.1. The summed E-state index contributed by atoms with van der Waals surface area (Å²) in [6, 6.07) is 5.09. The third-order valence-corrected chi connectivity index (χ3v) is 3.03. The lowest BCUT2D eigenvalue weighted by atomic mass is 10.0. The van der Waals surface area contributed by atoms with Crippen molar-refractivity contribution in [1.82, 2.24) is 5.32 Å². The fourth-order valence-electron chi connectivity index (χ4n) is 1.57. The van der Waals surface area contributed by atoms with Gasteiger partial charge in [-0.1, -0.05) is 19.1 Å². The van der Waals surface area contributed by atoms with Crippen molar-refractivity contribution in [2.75, 3.05) is 11.9 Å². The van der Waals surface area contributed by atoms with E-state index in [2.05, 4.69) is 10.6 Å². The summed E-state index contributed by atoms with van der Waals surface area (Å²) < 4.78 is 38.3. The second-order valence-electron chi connectivity index (χ2n) is 5.18. The number of anilines is 1. The van der Waals surface area contributed by atoms with E-state index < -0.39 is 11.7 Å². The summed E-state index contributed by atoms with van der Waals surface area (Å²) >= 11 is 0. The minimum absolute atomic E-state index is 0.0931. The molecule has 0 heterocycles. The number of hydrogen-bond acceptors (Lipinski definition) is 2. The highest BCUT2D eigenvalue weighted by Crippen LogP contribution is 2.34. The summed E-state index contributed by atoms with van der Waals surface area (Å²) in [6.07, 6.45) is -3.71. The summed E-state index contributed by atoms with van der Waals surface area (Å²) in [5.41, 5.74) is -1.24. The average Bonchev–Trinajstić information content (AvgIpc) is 2.35. The molecule has 0 radical (unpaired) electrons. The summed E-state index contributed by atoms with van der Waals surface area (Å²) in [4.78, 5) is 11.7. The van der Waals surface area contributed by atoms with E-state index >= 15 is 0 Å². The number of rotatable bonds is 5. The van der Waals surface area contributed by atoms with Crippen molar-refractivity contribution < 1.29 is 18.0 Å². The van der Waals surface area contributed by atoms with Crippen LogP contribution in [-0.4, -0.2) is 18.0 Å². The smallest absolute Gasteiger partial charge is 0.376 e. The zero-order valence-electron chi connectivity index (χ0n) is 11.8. The lowest BCUT2D eigenvalue weighted by Crippen LogP contribution is -2.45. The Kier molecular flexibility index (Phi) is 5.03. The number of halogens is 3. The SMILES string of the molecule is CCC(C)(C)NC(=O)CNc1ccccc1C(F)(F)F. The standard InChI is InChI=1S/C14H19F3N2O/c1-4-13(2,3)19-12(20)9-18-11-8-6-5-7-10(11)14(15,16)17/h5-8,18H,4,9H2,1-3H3,(H,19,20). The monoisotopic (exact) mass is 288 g/mol. The molecule has 0 fully saturated rings. The third kappa shape index (κ3) is 4.75. The molecule has 1 aromatic rings. The molecule has 0 bridgehead atoms. The van der Waals surface area contributed by atoms with E-state index in [0.29, 0.717) is 0 Å². The Hall–Kier alpha value is -1.72. The van der Waals surface area contributed by atoms with Crippen molar-refractivity contribution in [2.24, 2.45) is 0 Å². The highest BCUT2D eigenvalue weighted by molar-refractivity contribution is 5.81. The van der Waals surface area contributed by atoms with E-state index in [9.17, 15) is 18.0 Å². The highest BCUT2D eigenvalue weighted by Gasteiger charge is 2.33. The Bertz CT molecular complexity index is 470. The van der Waals surface area contributed by atoms with Crippen LogP contribution in [0, 0.1) is 0 Å². The number of alkyl halides is 3. The van der Waals surface area contributed by atoms with Gasteiger partial charge >= 0.3 is 6.18 Å². The van der Waals surface area contributed by atoms with E-state index in [1.807, 2.05) is 20.8 Å². The molecule has 0 aliphatic heterocycles. The fraction of sp³-hybridized carbons (Fsp3) is 0.500.